The van der Waals surface area contributed by atoms with E-state index in [-0.39, 0.29) is 30.4 Å². The fourth-order valence-electron chi connectivity index (χ4n) is 1.80. The largest absolute Gasteiger partial charge is 0.338 e. The van der Waals surface area contributed by atoms with Crippen molar-refractivity contribution in [2.45, 2.75) is 13.0 Å². The number of nitrogens with one attached hydrogen (secondary N) is 4. The number of amides is 3. The molecule has 4 N–H and O–H groups in total. The molecule has 8 heteroatoms. The third-order valence-electron chi connectivity index (χ3n) is 2.76. The number of thioether (sulfide) groups is 1. The monoisotopic (exact) mass is 330 g/mol. The van der Waals surface area contributed by atoms with E-state index < -0.39 is 0 Å². The van der Waals surface area contributed by atoms with Gasteiger partial charge in [-0.15, -0.1) is 24.2 Å². The molecular weight excluding hydrogens is 312 g/mol. The normalized spacial score (nSPS) is 16.7. The van der Waals surface area contributed by atoms with Crippen molar-refractivity contribution < 1.29 is 9.59 Å². The minimum atomic E-state index is -0.259. The molecule has 0 radical (unpaired) electrons. The second-order valence-electron chi connectivity index (χ2n) is 4.33. The fraction of sp³-hybridized carbons (Fsp3) is 0.385. The van der Waals surface area contributed by atoms with Crippen LogP contribution >= 0.6 is 24.2 Å². The van der Waals surface area contributed by atoms with Crippen molar-refractivity contribution in [2.75, 3.05) is 28.8 Å². The molecule has 1 atom stereocenters. The van der Waals surface area contributed by atoms with Gasteiger partial charge >= 0.3 is 6.03 Å². The lowest BCUT2D eigenvalue weighted by Gasteiger charge is -2.12. The number of rotatable bonds is 4. The topological polar surface area (TPSA) is 82.3 Å². The number of urea groups is 1. The van der Waals surface area contributed by atoms with E-state index in [0.29, 0.717) is 17.9 Å². The molecule has 1 aromatic carbocycles. The van der Waals surface area contributed by atoms with E-state index in [1.54, 1.807) is 36.0 Å². The van der Waals surface area contributed by atoms with Crippen LogP contribution in [0.2, 0.25) is 0 Å². The number of hydrogen-bond donors (Lipinski definition) is 4. The summed E-state index contributed by atoms with van der Waals surface area (Å²) in [5.74, 6) is 1.53. The Morgan fingerprint density at radius 1 is 1.33 bits per heavy atom. The Kier molecular flexibility index (Phi) is 7.35. The summed E-state index contributed by atoms with van der Waals surface area (Å²) in [7, 11) is 0. The molecule has 0 aliphatic carbocycles. The van der Waals surface area contributed by atoms with E-state index in [4.69, 9.17) is 0 Å². The smallest absolute Gasteiger partial charge is 0.319 e. The number of benzene rings is 1. The molecule has 2 rings (SSSR count). The first-order chi connectivity index (χ1) is 9.69. The van der Waals surface area contributed by atoms with Gasteiger partial charge in [-0.05, 0) is 25.1 Å². The Hall–Kier alpha value is -1.44. The molecule has 0 saturated carbocycles. The first kappa shape index (κ1) is 17.6. The van der Waals surface area contributed by atoms with E-state index in [1.807, 2.05) is 6.92 Å². The SMILES string of the molecule is CCNC(=O)Nc1cccc(NC(=O)C2CSCN2)c1.Cl. The summed E-state index contributed by atoms with van der Waals surface area (Å²) >= 11 is 1.70. The predicted octanol–water partition coefficient (Wildman–Crippen LogP) is 1.85. The lowest BCUT2D eigenvalue weighted by atomic mass is 10.2. The third-order valence-corrected chi connectivity index (χ3v) is 3.70. The van der Waals surface area contributed by atoms with Crippen LogP contribution in [0.3, 0.4) is 0 Å². The highest BCUT2D eigenvalue weighted by atomic mass is 35.5. The molecule has 1 aromatic rings. The van der Waals surface area contributed by atoms with Crippen LogP contribution in [0.15, 0.2) is 24.3 Å². The summed E-state index contributed by atoms with van der Waals surface area (Å²) in [6, 6.07) is 6.67. The number of hydrogen-bond acceptors (Lipinski definition) is 4. The molecule has 0 bridgehead atoms. The lowest BCUT2D eigenvalue weighted by Crippen LogP contribution is -2.37. The van der Waals surface area contributed by atoms with Gasteiger partial charge in [0, 0.05) is 29.5 Å². The Morgan fingerprint density at radius 2 is 2.05 bits per heavy atom. The van der Waals surface area contributed by atoms with Gasteiger partial charge in [-0.2, -0.15) is 0 Å². The molecule has 21 heavy (non-hydrogen) atoms. The molecular formula is C13H19ClN4O2S. The zero-order valence-electron chi connectivity index (χ0n) is 11.6. The van der Waals surface area contributed by atoms with Gasteiger partial charge in [0.25, 0.3) is 0 Å². The van der Waals surface area contributed by atoms with Crippen molar-refractivity contribution in [3.8, 4) is 0 Å². The quantitative estimate of drug-likeness (QED) is 0.679. The van der Waals surface area contributed by atoms with Gasteiger partial charge in [0.15, 0.2) is 0 Å². The predicted molar refractivity (Wildman–Crippen MR) is 89.3 cm³/mol. The summed E-state index contributed by atoms with van der Waals surface area (Å²) in [6.07, 6.45) is 0. The molecule has 0 spiro atoms. The van der Waals surface area contributed by atoms with Crippen molar-refractivity contribution in [3.63, 3.8) is 0 Å². The summed E-state index contributed by atoms with van der Waals surface area (Å²) in [4.78, 5) is 23.4. The second-order valence-corrected chi connectivity index (χ2v) is 5.36. The van der Waals surface area contributed by atoms with Crippen LogP contribution in [0, 0.1) is 0 Å². The van der Waals surface area contributed by atoms with Crippen LogP contribution in [-0.4, -0.2) is 36.2 Å². The molecule has 1 aliphatic heterocycles. The third kappa shape index (κ3) is 5.45. The van der Waals surface area contributed by atoms with Crippen molar-refractivity contribution >= 4 is 47.5 Å². The highest BCUT2D eigenvalue weighted by Gasteiger charge is 2.22. The zero-order chi connectivity index (χ0) is 14.4. The van der Waals surface area contributed by atoms with Crippen molar-refractivity contribution in [1.29, 1.82) is 0 Å². The van der Waals surface area contributed by atoms with Gasteiger partial charge < -0.3 is 16.0 Å². The minimum absolute atomic E-state index is 0. The van der Waals surface area contributed by atoms with E-state index in [1.165, 1.54) is 0 Å². The van der Waals surface area contributed by atoms with Gasteiger partial charge in [-0.25, -0.2) is 4.79 Å². The Balaban J connectivity index is 0.00000220. The Bertz CT molecular complexity index is 495. The molecule has 1 aliphatic rings. The van der Waals surface area contributed by atoms with Crippen molar-refractivity contribution in [1.82, 2.24) is 10.6 Å². The molecule has 0 aromatic heterocycles. The van der Waals surface area contributed by atoms with Gasteiger partial charge in [0.05, 0.1) is 6.04 Å². The molecule has 116 valence electrons. The van der Waals surface area contributed by atoms with Crippen LogP contribution in [0.1, 0.15) is 6.92 Å². The zero-order valence-corrected chi connectivity index (χ0v) is 13.3. The average Bonchev–Trinajstić information content (AvgIpc) is 2.93. The van der Waals surface area contributed by atoms with E-state index >= 15 is 0 Å². The summed E-state index contributed by atoms with van der Waals surface area (Å²) < 4.78 is 0. The summed E-state index contributed by atoms with van der Waals surface area (Å²) in [5, 5.41) is 11.3. The molecule has 3 amide bonds. The maximum absolute atomic E-state index is 12.0. The van der Waals surface area contributed by atoms with Gasteiger partial charge in [0.2, 0.25) is 5.91 Å². The summed E-state index contributed by atoms with van der Waals surface area (Å²) in [6.45, 7) is 2.41. The van der Waals surface area contributed by atoms with Crippen molar-refractivity contribution in [2.24, 2.45) is 0 Å². The van der Waals surface area contributed by atoms with Crippen LogP contribution < -0.4 is 21.3 Å². The molecule has 1 heterocycles. The maximum atomic E-state index is 12.0. The first-order valence-corrected chi connectivity index (χ1v) is 7.61. The first-order valence-electron chi connectivity index (χ1n) is 6.46. The van der Waals surface area contributed by atoms with E-state index in [0.717, 1.165) is 11.6 Å². The number of anilines is 2. The second kappa shape index (κ2) is 8.76. The average molecular weight is 331 g/mol. The molecule has 6 nitrogen and oxygen atoms in total. The van der Waals surface area contributed by atoms with E-state index in [2.05, 4.69) is 21.3 Å². The van der Waals surface area contributed by atoms with Crippen LogP contribution in [-0.2, 0) is 4.79 Å². The van der Waals surface area contributed by atoms with Gasteiger partial charge in [0.1, 0.15) is 0 Å². The number of carbonyl (C=O) groups is 2. The Labute approximate surface area is 134 Å². The van der Waals surface area contributed by atoms with Crippen molar-refractivity contribution in [3.05, 3.63) is 24.3 Å². The Morgan fingerprint density at radius 3 is 2.67 bits per heavy atom. The highest BCUT2D eigenvalue weighted by molar-refractivity contribution is 7.99. The highest BCUT2D eigenvalue weighted by Crippen LogP contribution is 2.17. The maximum Gasteiger partial charge on any atom is 0.319 e. The van der Waals surface area contributed by atoms with Gasteiger partial charge in [-0.3, -0.25) is 10.1 Å². The van der Waals surface area contributed by atoms with Crippen LogP contribution in [0.25, 0.3) is 0 Å². The standard InChI is InChI=1S/C13H18N4O2S.ClH/c1-2-14-13(19)17-10-5-3-4-9(6-10)16-12(18)11-7-20-8-15-11;/h3-6,11,15H,2,7-8H2,1H3,(H,16,18)(H2,14,17,19);1H. The lowest BCUT2D eigenvalue weighted by molar-refractivity contribution is -0.117. The molecule has 1 unspecified atom stereocenters. The summed E-state index contributed by atoms with van der Waals surface area (Å²) in [5.41, 5.74) is 1.31. The number of carbonyl (C=O) groups excluding carboxylic acids is 2. The van der Waals surface area contributed by atoms with Crippen LogP contribution in [0.5, 0.6) is 0 Å². The van der Waals surface area contributed by atoms with E-state index in [9.17, 15) is 9.59 Å². The minimum Gasteiger partial charge on any atom is -0.338 e. The van der Waals surface area contributed by atoms with Crippen LogP contribution in [0.4, 0.5) is 16.2 Å². The van der Waals surface area contributed by atoms with Gasteiger partial charge in [-0.1, -0.05) is 6.07 Å². The fourth-order valence-corrected chi connectivity index (χ4v) is 2.75. The number of halogens is 1. The molecule has 1 fully saturated rings. The molecule has 1 saturated heterocycles.